The summed E-state index contributed by atoms with van der Waals surface area (Å²) in [6.45, 7) is 2.60. The summed E-state index contributed by atoms with van der Waals surface area (Å²) >= 11 is 6.09. The molecule has 1 unspecified atom stereocenters. The second-order valence-corrected chi connectivity index (χ2v) is 7.39. The Bertz CT molecular complexity index is 725. The number of halogens is 1. The van der Waals surface area contributed by atoms with Crippen LogP contribution in [0.5, 0.6) is 0 Å². The molecule has 1 aliphatic rings. The molecule has 1 aromatic carbocycles. The van der Waals surface area contributed by atoms with Crippen molar-refractivity contribution in [1.29, 1.82) is 0 Å². The highest BCUT2D eigenvalue weighted by molar-refractivity contribution is 7.89. The average Bonchev–Trinajstić information content (AvgIpc) is 3.09. The number of hydrogen-bond donors (Lipinski definition) is 1. The van der Waals surface area contributed by atoms with Crippen molar-refractivity contribution < 1.29 is 8.42 Å². The van der Waals surface area contributed by atoms with Crippen LogP contribution in [0.15, 0.2) is 29.4 Å². The van der Waals surface area contributed by atoms with Gasteiger partial charge in [-0.05, 0) is 25.0 Å². The molecular formula is C13H15ClN4O2S. The SMILES string of the molecule is Cc1cccc(Cl)c1S(=O)(=O)N1CCC(c2ncn[nH]2)C1. The van der Waals surface area contributed by atoms with Gasteiger partial charge in [0.25, 0.3) is 0 Å². The van der Waals surface area contributed by atoms with E-state index in [0.717, 1.165) is 12.2 Å². The highest BCUT2D eigenvalue weighted by atomic mass is 35.5. The number of nitrogens with one attached hydrogen (secondary N) is 1. The molecule has 3 rings (SSSR count). The Labute approximate surface area is 128 Å². The van der Waals surface area contributed by atoms with Gasteiger partial charge in [-0.1, -0.05) is 23.7 Å². The number of aryl methyl sites for hydroxylation is 1. The van der Waals surface area contributed by atoms with E-state index in [0.29, 0.717) is 18.7 Å². The summed E-state index contributed by atoms with van der Waals surface area (Å²) in [7, 11) is -3.58. The zero-order valence-corrected chi connectivity index (χ0v) is 13.0. The van der Waals surface area contributed by atoms with Crippen molar-refractivity contribution in [2.24, 2.45) is 0 Å². The fraction of sp³-hybridized carbons (Fsp3) is 0.385. The molecule has 112 valence electrons. The molecule has 1 saturated heterocycles. The Morgan fingerprint density at radius 1 is 1.43 bits per heavy atom. The lowest BCUT2D eigenvalue weighted by Crippen LogP contribution is -2.29. The lowest BCUT2D eigenvalue weighted by molar-refractivity contribution is 0.471. The molecule has 1 aliphatic heterocycles. The fourth-order valence-electron chi connectivity index (χ4n) is 2.65. The van der Waals surface area contributed by atoms with Crippen molar-refractivity contribution in [3.8, 4) is 0 Å². The lowest BCUT2D eigenvalue weighted by atomic mass is 10.1. The van der Waals surface area contributed by atoms with Crippen LogP contribution >= 0.6 is 11.6 Å². The maximum atomic E-state index is 12.8. The Kier molecular flexibility index (Phi) is 3.73. The van der Waals surface area contributed by atoms with Crippen LogP contribution in [0.1, 0.15) is 23.7 Å². The average molecular weight is 327 g/mol. The molecule has 0 spiro atoms. The van der Waals surface area contributed by atoms with E-state index in [4.69, 9.17) is 11.6 Å². The fourth-order valence-corrected chi connectivity index (χ4v) is 4.94. The first-order valence-electron chi connectivity index (χ1n) is 6.60. The van der Waals surface area contributed by atoms with E-state index < -0.39 is 10.0 Å². The van der Waals surface area contributed by atoms with Crippen molar-refractivity contribution in [2.45, 2.75) is 24.2 Å². The first kappa shape index (κ1) is 14.5. The van der Waals surface area contributed by atoms with Crippen LogP contribution in [0, 0.1) is 6.92 Å². The topological polar surface area (TPSA) is 79.0 Å². The van der Waals surface area contributed by atoms with Crippen molar-refractivity contribution >= 4 is 21.6 Å². The first-order valence-corrected chi connectivity index (χ1v) is 8.42. The quantitative estimate of drug-likeness (QED) is 0.935. The van der Waals surface area contributed by atoms with E-state index in [1.165, 1.54) is 10.6 Å². The number of sulfonamides is 1. The van der Waals surface area contributed by atoms with Crippen LogP contribution < -0.4 is 0 Å². The molecule has 6 nitrogen and oxygen atoms in total. The molecule has 2 heterocycles. The minimum absolute atomic E-state index is 0.0464. The maximum absolute atomic E-state index is 12.8. The Balaban J connectivity index is 1.90. The minimum atomic E-state index is -3.58. The van der Waals surface area contributed by atoms with Crippen molar-refractivity contribution in [3.05, 3.63) is 40.9 Å². The number of nitrogens with zero attached hydrogens (tertiary/aromatic N) is 3. The predicted molar refractivity (Wildman–Crippen MR) is 78.7 cm³/mol. The summed E-state index contributed by atoms with van der Waals surface area (Å²) in [6, 6.07) is 5.10. The van der Waals surface area contributed by atoms with E-state index in [1.807, 2.05) is 0 Å². The third-order valence-corrected chi connectivity index (χ3v) is 6.23. The molecule has 0 aliphatic carbocycles. The first-order chi connectivity index (χ1) is 10.00. The summed E-state index contributed by atoms with van der Waals surface area (Å²) in [5.41, 5.74) is 0.658. The van der Waals surface area contributed by atoms with Gasteiger partial charge in [-0.25, -0.2) is 13.4 Å². The van der Waals surface area contributed by atoms with Crippen LogP contribution in [-0.2, 0) is 10.0 Å². The van der Waals surface area contributed by atoms with Crippen LogP contribution in [0.2, 0.25) is 5.02 Å². The van der Waals surface area contributed by atoms with Crippen molar-refractivity contribution in [2.75, 3.05) is 13.1 Å². The highest BCUT2D eigenvalue weighted by Crippen LogP contribution is 2.33. The molecule has 0 amide bonds. The largest absolute Gasteiger partial charge is 0.263 e. The van der Waals surface area contributed by atoms with Crippen LogP contribution in [0.25, 0.3) is 0 Å². The smallest absolute Gasteiger partial charge is 0.244 e. The van der Waals surface area contributed by atoms with Crippen LogP contribution in [-0.4, -0.2) is 41.0 Å². The Hall–Kier alpha value is -1.44. The summed E-state index contributed by atoms with van der Waals surface area (Å²) < 4.78 is 27.0. The van der Waals surface area contributed by atoms with Gasteiger partial charge in [0.2, 0.25) is 10.0 Å². The normalized spacial score (nSPS) is 20.0. The van der Waals surface area contributed by atoms with E-state index in [1.54, 1.807) is 25.1 Å². The van der Waals surface area contributed by atoms with Crippen LogP contribution in [0.4, 0.5) is 0 Å². The molecular weight excluding hydrogens is 312 g/mol. The number of aromatic amines is 1. The summed E-state index contributed by atoms with van der Waals surface area (Å²) in [6.07, 6.45) is 2.16. The minimum Gasteiger partial charge on any atom is -0.263 e. The van der Waals surface area contributed by atoms with Gasteiger partial charge >= 0.3 is 0 Å². The molecule has 21 heavy (non-hydrogen) atoms. The molecule has 0 bridgehead atoms. The standard InChI is InChI=1S/C13H15ClN4O2S/c1-9-3-2-4-11(14)12(9)21(19,20)18-6-5-10(7-18)13-15-8-16-17-13/h2-4,8,10H,5-7H2,1H3,(H,15,16,17). The highest BCUT2D eigenvalue weighted by Gasteiger charge is 2.36. The van der Waals surface area contributed by atoms with Gasteiger partial charge < -0.3 is 0 Å². The number of benzene rings is 1. The molecule has 0 radical (unpaired) electrons. The van der Waals surface area contributed by atoms with Gasteiger partial charge in [-0.15, -0.1) is 0 Å². The predicted octanol–water partition coefficient (Wildman–Crippen LogP) is 1.94. The van der Waals surface area contributed by atoms with Crippen molar-refractivity contribution in [1.82, 2.24) is 19.5 Å². The number of hydrogen-bond acceptors (Lipinski definition) is 4. The molecule has 1 N–H and O–H groups in total. The molecule has 0 saturated carbocycles. The van der Waals surface area contributed by atoms with Gasteiger partial charge in [0.15, 0.2) is 0 Å². The zero-order valence-electron chi connectivity index (χ0n) is 11.5. The molecule has 1 atom stereocenters. The van der Waals surface area contributed by atoms with Gasteiger partial charge in [0.1, 0.15) is 17.0 Å². The number of H-pyrrole nitrogens is 1. The molecule has 1 fully saturated rings. The molecule has 8 heteroatoms. The van der Waals surface area contributed by atoms with Gasteiger partial charge in [0, 0.05) is 19.0 Å². The monoisotopic (exact) mass is 326 g/mol. The maximum Gasteiger partial charge on any atom is 0.244 e. The van der Waals surface area contributed by atoms with E-state index in [9.17, 15) is 8.42 Å². The molecule has 1 aromatic heterocycles. The molecule has 2 aromatic rings. The van der Waals surface area contributed by atoms with Gasteiger partial charge in [-0.2, -0.15) is 9.40 Å². The zero-order chi connectivity index (χ0) is 15.0. The Morgan fingerprint density at radius 2 is 2.24 bits per heavy atom. The third kappa shape index (κ3) is 2.56. The Morgan fingerprint density at radius 3 is 2.90 bits per heavy atom. The van der Waals surface area contributed by atoms with E-state index in [2.05, 4.69) is 15.2 Å². The third-order valence-electron chi connectivity index (χ3n) is 3.73. The number of aromatic nitrogens is 3. The lowest BCUT2D eigenvalue weighted by Gasteiger charge is -2.18. The van der Waals surface area contributed by atoms with Crippen LogP contribution in [0.3, 0.4) is 0 Å². The van der Waals surface area contributed by atoms with Crippen molar-refractivity contribution in [3.63, 3.8) is 0 Å². The van der Waals surface area contributed by atoms with Gasteiger partial charge in [-0.3, -0.25) is 5.10 Å². The summed E-state index contributed by atoms with van der Waals surface area (Å²) in [4.78, 5) is 4.31. The van der Waals surface area contributed by atoms with Gasteiger partial charge in [0.05, 0.1) is 5.02 Å². The van der Waals surface area contributed by atoms with E-state index >= 15 is 0 Å². The number of rotatable bonds is 3. The van der Waals surface area contributed by atoms with E-state index in [-0.39, 0.29) is 15.8 Å². The summed E-state index contributed by atoms with van der Waals surface area (Å²) in [5, 5.41) is 6.88. The summed E-state index contributed by atoms with van der Waals surface area (Å²) in [5.74, 6) is 0.772. The second kappa shape index (κ2) is 5.40. The second-order valence-electron chi connectivity index (χ2n) is 5.11.